The molecule has 9 heteroatoms. The van der Waals surface area contributed by atoms with Gasteiger partial charge in [0.25, 0.3) is 5.91 Å². The number of ether oxygens (including phenoxy) is 2. The second-order valence-electron chi connectivity index (χ2n) is 12.9. The summed E-state index contributed by atoms with van der Waals surface area (Å²) in [7, 11) is 1.57. The molecule has 0 spiro atoms. The number of carbonyl (C=O) groups is 3. The van der Waals surface area contributed by atoms with Gasteiger partial charge in [0.2, 0.25) is 5.91 Å². The maximum atomic E-state index is 14.9. The number of rotatable bonds is 11. The SMILES string of the molecule is CCC(C)(C)N(C(=O)C(Cc1ccc(O)cc1)NC(=O)OC(C)(C)C)C(C(=O)Nc1ccc(OC)cc1)c1cccc(C)c1C. The van der Waals surface area contributed by atoms with Gasteiger partial charge in [0.1, 0.15) is 29.2 Å². The van der Waals surface area contributed by atoms with Crippen LogP contribution in [0.1, 0.15) is 76.3 Å². The lowest BCUT2D eigenvalue weighted by atomic mass is 9.88. The number of nitrogens with one attached hydrogen (secondary N) is 2. The topological polar surface area (TPSA) is 117 Å². The molecule has 0 aliphatic heterocycles. The molecule has 45 heavy (non-hydrogen) atoms. The summed E-state index contributed by atoms with van der Waals surface area (Å²) in [5.41, 5.74) is 2.18. The molecule has 3 aromatic rings. The molecule has 3 aromatic carbocycles. The first-order chi connectivity index (χ1) is 21.1. The Labute approximate surface area is 266 Å². The fourth-order valence-corrected chi connectivity index (χ4v) is 4.98. The minimum absolute atomic E-state index is 0.0839. The van der Waals surface area contributed by atoms with E-state index < -0.39 is 41.1 Å². The Balaban J connectivity index is 2.17. The molecule has 0 saturated carbocycles. The zero-order chi connectivity index (χ0) is 33.5. The van der Waals surface area contributed by atoms with Crippen LogP contribution in [0.25, 0.3) is 0 Å². The molecule has 0 aliphatic rings. The van der Waals surface area contributed by atoms with Crippen LogP contribution in [0.3, 0.4) is 0 Å². The van der Waals surface area contributed by atoms with Crippen LogP contribution in [0.2, 0.25) is 0 Å². The maximum absolute atomic E-state index is 14.9. The highest BCUT2D eigenvalue weighted by Crippen LogP contribution is 2.35. The normalized spacial score (nSPS) is 12.9. The minimum Gasteiger partial charge on any atom is -0.508 e. The number of benzene rings is 3. The van der Waals surface area contributed by atoms with Crippen LogP contribution in [0.4, 0.5) is 10.5 Å². The number of hydrogen-bond donors (Lipinski definition) is 3. The first-order valence-electron chi connectivity index (χ1n) is 15.2. The van der Waals surface area contributed by atoms with Crippen molar-refractivity contribution >= 4 is 23.6 Å². The van der Waals surface area contributed by atoms with Gasteiger partial charge in [-0.25, -0.2) is 4.79 Å². The number of carbonyl (C=O) groups excluding carboxylic acids is 3. The molecule has 3 N–H and O–H groups in total. The number of phenols is 1. The largest absolute Gasteiger partial charge is 0.508 e. The second-order valence-corrected chi connectivity index (χ2v) is 12.9. The smallest absolute Gasteiger partial charge is 0.408 e. The van der Waals surface area contributed by atoms with E-state index in [0.29, 0.717) is 29.0 Å². The van der Waals surface area contributed by atoms with E-state index in [4.69, 9.17) is 9.47 Å². The van der Waals surface area contributed by atoms with Crippen molar-refractivity contribution in [2.45, 2.75) is 91.5 Å². The summed E-state index contributed by atoms with van der Waals surface area (Å²) < 4.78 is 10.8. The Bertz CT molecular complexity index is 1480. The van der Waals surface area contributed by atoms with Gasteiger partial charge in [-0.05, 0) is 114 Å². The third kappa shape index (κ3) is 9.23. The third-order valence-electron chi connectivity index (χ3n) is 7.93. The summed E-state index contributed by atoms with van der Waals surface area (Å²) in [5.74, 6) is -0.116. The first kappa shape index (κ1) is 35.0. The van der Waals surface area contributed by atoms with Gasteiger partial charge >= 0.3 is 6.09 Å². The molecule has 0 fully saturated rings. The van der Waals surface area contributed by atoms with Crippen molar-refractivity contribution in [1.82, 2.24) is 10.2 Å². The molecule has 0 heterocycles. The molecule has 0 aromatic heterocycles. The number of alkyl carbamates (subject to hydrolysis) is 1. The molecule has 3 amide bonds. The van der Waals surface area contributed by atoms with Crippen molar-refractivity contribution < 1.29 is 29.0 Å². The van der Waals surface area contributed by atoms with Crippen LogP contribution in [0, 0.1) is 13.8 Å². The number of anilines is 1. The van der Waals surface area contributed by atoms with Crippen LogP contribution in [-0.2, 0) is 20.7 Å². The van der Waals surface area contributed by atoms with Crippen LogP contribution >= 0.6 is 0 Å². The van der Waals surface area contributed by atoms with Gasteiger partial charge in [0.15, 0.2) is 0 Å². The van der Waals surface area contributed by atoms with Gasteiger partial charge in [-0.15, -0.1) is 0 Å². The fourth-order valence-electron chi connectivity index (χ4n) is 4.98. The molecule has 0 aliphatic carbocycles. The van der Waals surface area contributed by atoms with E-state index >= 15 is 0 Å². The number of aryl methyl sites for hydroxylation is 1. The van der Waals surface area contributed by atoms with Crippen LogP contribution < -0.4 is 15.4 Å². The van der Waals surface area contributed by atoms with E-state index in [2.05, 4.69) is 10.6 Å². The van der Waals surface area contributed by atoms with Crippen molar-refractivity contribution in [3.8, 4) is 11.5 Å². The van der Waals surface area contributed by atoms with Crippen molar-refractivity contribution in [2.24, 2.45) is 0 Å². The lowest BCUT2D eigenvalue weighted by Crippen LogP contribution is -2.59. The van der Waals surface area contributed by atoms with Crippen molar-refractivity contribution in [3.63, 3.8) is 0 Å². The predicted octanol–water partition coefficient (Wildman–Crippen LogP) is 6.85. The van der Waals surface area contributed by atoms with Gasteiger partial charge in [-0.2, -0.15) is 0 Å². The van der Waals surface area contributed by atoms with Crippen LogP contribution in [0.15, 0.2) is 66.7 Å². The molecular weight excluding hydrogens is 570 g/mol. The molecule has 2 unspecified atom stereocenters. The summed E-state index contributed by atoms with van der Waals surface area (Å²) in [6, 6.07) is 17.0. The molecule has 3 rings (SSSR count). The van der Waals surface area contributed by atoms with E-state index in [1.807, 2.05) is 52.8 Å². The van der Waals surface area contributed by atoms with E-state index in [-0.39, 0.29) is 12.2 Å². The summed E-state index contributed by atoms with van der Waals surface area (Å²) in [6.07, 6.45) is -0.123. The van der Waals surface area contributed by atoms with E-state index in [9.17, 15) is 19.5 Å². The number of aromatic hydroxyl groups is 1. The Morgan fingerprint density at radius 3 is 2.09 bits per heavy atom. The van der Waals surface area contributed by atoms with Crippen LogP contribution in [0.5, 0.6) is 11.5 Å². The maximum Gasteiger partial charge on any atom is 0.408 e. The average Bonchev–Trinajstić information content (AvgIpc) is 2.97. The molecule has 0 bridgehead atoms. The molecule has 0 radical (unpaired) electrons. The highest BCUT2D eigenvalue weighted by Gasteiger charge is 2.43. The number of nitrogens with zero attached hydrogens (tertiary/aromatic N) is 1. The molecule has 0 saturated heterocycles. The lowest BCUT2D eigenvalue weighted by Gasteiger charge is -2.45. The van der Waals surface area contributed by atoms with Gasteiger partial charge < -0.3 is 30.1 Å². The van der Waals surface area contributed by atoms with Gasteiger partial charge in [-0.1, -0.05) is 37.3 Å². The zero-order valence-electron chi connectivity index (χ0n) is 27.9. The molecular formula is C36H47N3O6. The predicted molar refractivity (Wildman–Crippen MR) is 176 cm³/mol. The van der Waals surface area contributed by atoms with Crippen molar-refractivity contribution in [2.75, 3.05) is 12.4 Å². The zero-order valence-corrected chi connectivity index (χ0v) is 27.9. The Kier molecular flexibility index (Phi) is 11.3. The second kappa shape index (κ2) is 14.5. The lowest BCUT2D eigenvalue weighted by molar-refractivity contribution is -0.147. The minimum atomic E-state index is -1.09. The number of methoxy groups -OCH3 is 1. The van der Waals surface area contributed by atoms with Crippen molar-refractivity contribution in [3.05, 3.63) is 89.0 Å². The highest BCUT2D eigenvalue weighted by atomic mass is 16.6. The Morgan fingerprint density at radius 1 is 0.911 bits per heavy atom. The van der Waals surface area contributed by atoms with E-state index in [1.165, 1.54) is 12.1 Å². The van der Waals surface area contributed by atoms with E-state index in [1.54, 1.807) is 69.2 Å². The first-order valence-corrected chi connectivity index (χ1v) is 15.2. The van der Waals surface area contributed by atoms with Gasteiger partial charge in [-0.3, -0.25) is 9.59 Å². The van der Waals surface area contributed by atoms with Crippen LogP contribution in [-0.4, -0.2) is 52.2 Å². The summed E-state index contributed by atoms with van der Waals surface area (Å²) in [5, 5.41) is 15.6. The average molecular weight is 618 g/mol. The molecule has 9 nitrogen and oxygen atoms in total. The molecule has 2 atom stereocenters. The fraction of sp³-hybridized carbons (Fsp3) is 0.417. The Morgan fingerprint density at radius 2 is 1.53 bits per heavy atom. The summed E-state index contributed by atoms with van der Waals surface area (Å²) in [6.45, 7) is 14.9. The summed E-state index contributed by atoms with van der Waals surface area (Å²) >= 11 is 0. The van der Waals surface area contributed by atoms with Gasteiger partial charge in [0, 0.05) is 17.6 Å². The summed E-state index contributed by atoms with van der Waals surface area (Å²) in [4.78, 5) is 44.0. The standard InChI is InChI=1S/C36H47N3O6/c1-10-36(7,8)39(33(42)30(38-34(43)45-35(4,5)6)22-25-14-18-27(40)19-15-25)31(29-13-11-12-23(2)24(29)3)32(41)37-26-16-20-28(44-9)21-17-26/h11-21,30-31,40H,10,22H2,1-9H3,(H,37,41)(H,38,43). The monoisotopic (exact) mass is 617 g/mol. The number of phenolic OH excluding ortho intramolecular Hbond substituents is 1. The Hall–Kier alpha value is -4.53. The van der Waals surface area contributed by atoms with Gasteiger partial charge in [0.05, 0.1) is 7.11 Å². The third-order valence-corrected chi connectivity index (χ3v) is 7.93. The quantitative estimate of drug-likeness (QED) is 0.217. The van der Waals surface area contributed by atoms with E-state index in [0.717, 1.165) is 11.1 Å². The highest BCUT2D eigenvalue weighted by molar-refractivity contribution is 5.99. The molecule has 242 valence electrons. The van der Waals surface area contributed by atoms with Crippen molar-refractivity contribution in [1.29, 1.82) is 0 Å². The number of amides is 3. The number of hydrogen-bond acceptors (Lipinski definition) is 6.